The first kappa shape index (κ1) is 50.4. The van der Waals surface area contributed by atoms with Crippen LogP contribution in [0.3, 0.4) is 0 Å². The quantitative estimate of drug-likeness (QED) is 0.0354. The van der Waals surface area contributed by atoms with Crippen LogP contribution in [0.15, 0.2) is 0 Å². The van der Waals surface area contributed by atoms with Crippen LogP contribution in [0.1, 0.15) is 247 Å². The molecule has 0 aromatic rings. The van der Waals surface area contributed by atoms with Gasteiger partial charge in [0.15, 0.2) is 6.10 Å². The molecule has 0 aliphatic carbocycles. The van der Waals surface area contributed by atoms with Crippen molar-refractivity contribution in [3.05, 3.63) is 0 Å². The summed E-state index contributed by atoms with van der Waals surface area (Å²) in [7, 11) is 0. The summed E-state index contributed by atoms with van der Waals surface area (Å²) in [6.07, 6.45) is 36.6. The Morgan fingerprint density at radius 1 is 0.404 bits per heavy atom. The van der Waals surface area contributed by atoms with Crippen molar-refractivity contribution in [2.24, 2.45) is 11.8 Å². The van der Waals surface area contributed by atoms with Gasteiger partial charge in [0, 0.05) is 19.3 Å². The molecule has 6 heteroatoms. The lowest BCUT2D eigenvalue weighted by atomic mass is 10.00. The topological polar surface area (TPSA) is 78.9 Å². The van der Waals surface area contributed by atoms with E-state index in [1.54, 1.807) is 0 Å². The van der Waals surface area contributed by atoms with E-state index < -0.39 is 6.10 Å². The highest BCUT2D eigenvalue weighted by molar-refractivity contribution is 5.71. The van der Waals surface area contributed by atoms with Gasteiger partial charge in [0.25, 0.3) is 0 Å². The molecule has 0 fully saturated rings. The van der Waals surface area contributed by atoms with Crippen LogP contribution in [-0.2, 0) is 28.6 Å². The SMILES string of the molecule is CCCCCCCCCCCCC(=O)OC[C@H](COC(=O)CCCCCCCCC(C)CC)OC(=O)CCCCCCCCCCCCCC(C)C. The first-order valence-electron chi connectivity index (χ1n) is 22.8. The van der Waals surface area contributed by atoms with Gasteiger partial charge in [-0.15, -0.1) is 0 Å². The van der Waals surface area contributed by atoms with E-state index in [-0.39, 0.29) is 31.1 Å². The van der Waals surface area contributed by atoms with Crippen LogP contribution in [0.5, 0.6) is 0 Å². The molecule has 0 aliphatic heterocycles. The monoisotopic (exact) mass is 737 g/mol. The van der Waals surface area contributed by atoms with Gasteiger partial charge in [-0.1, -0.05) is 208 Å². The normalized spacial score (nSPS) is 12.6. The Morgan fingerprint density at radius 3 is 1.10 bits per heavy atom. The average Bonchev–Trinajstić information content (AvgIpc) is 3.12. The Hall–Kier alpha value is -1.59. The van der Waals surface area contributed by atoms with Gasteiger partial charge < -0.3 is 14.2 Å². The molecule has 0 heterocycles. The molecule has 0 saturated carbocycles. The smallest absolute Gasteiger partial charge is 0.306 e. The van der Waals surface area contributed by atoms with E-state index in [1.807, 2.05) is 0 Å². The van der Waals surface area contributed by atoms with Crippen LogP contribution in [0, 0.1) is 11.8 Å². The maximum absolute atomic E-state index is 12.7. The number of ether oxygens (including phenoxy) is 3. The molecule has 52 heavy (non-hydrogen) atoms. The van der Waals surface area contributed by atoms with E-state index in [2.05, 4.69) is 34.6 Å². The summed E-state index contributed by atoms with van der Waals surface area (Å²) in [6, 6.07) is 0. The molecule has 0 bridgehead atoms. The van der Waals surface area contributed by atoms with Crippen LogP contribution in [0.25, 0.3) is 0 Å². The van der Waals surface area contributed by atoms with Crippen LogP contribution in [-0.4, -0.2) is 37.2 Å². The minimum atomic E-state index is -0.760. The lowest BCUT2D eigenvalue weighted by Gasteiger charge is -2.18. The second-order valence-electron chi connectivity index (χ2n) is 16.4. The third kappa shape index (κ3) is 38.1. The van der Waals surface area contributed by atoms with Gasteiger partial charge >= 0.3 is 17.9 Å². The van der Waals surface area contributed by atoms with Crippen molar-refractivity contribution in [1.29, 1.82) is 0 Å². The molecule has 0 spiro atoms. The van der Waals surface area contributed by atoms with Gasteiger partial charge in [-0.25, -0.2) is 0 Å². The summed E-state index contributed by atoms with van der Waals surface area (Å²) in [5.41, 5.74) is 0. The fraction of sp³-hybridized carbons (Fsp3) is 0.935. The minimum Gasteiger partial charge on any atom is -0.462 e. The standard InChI is InChI=1S/C46H88O6/c1-6-8-9-10-11-12-17-20-26-31-36-44(47)50-39-43(40-51-45(48)37-32-27-23-22-25-30-35-42(5)7-2)52-46(49)38-33-28-21-18-15-13-14-16-19-24-29-34-41(3)4/h41-43H,6-40H2,1-5H3/t42?,43-/m1/s1. The van der Waals surface area contributed by atoms with E-state index in [4.69, 9.17) is 14.2 Å². The average molecular weight is 737 g/mol. The van der Waals surface area contributed by atoms with E-state index in [1.165, 1.54) is 135 Å². The molecular weight excluding hydrogens is 648 g/mol. The number of hydrogen-bond acceptors (Lipinski definition) is 6. The van der Waals surface area contributed by atoms with Crippen molar-refractivity contribution in [3.8, 4) is 0 Å². The predicted molar refractivity (Wildman–Crippen MR) is 220 cm³/mol. The summed E-state index contributed by atoms with van der Waals surface area (Å²) >= 11 is 0. The number of unbranched alkanes of at least 4 members (excludes halogenated alkanes) is 24. The highest BCUT2D eigenvalue weighted by Crippen LogP contribution is 2.17. The molecule has 0 aromatic carbocycles. The minimum absolute atomic E-state index is 0.0655. The highest BCUT2D eigenvalue weighted by atomic mass is 16.6. The van der Waals surface area contributed by atoms with Crippen LogP contribution < -0.4 is 0 Å². The lowest BCUT2D eigenvalue weighted by Crippen LogP contribution is -2.30. The van der Waals surface area contributed by atoms with E-state index in [0.717, 1.165) is 69.6 Å². The number of carbonyl (C=O) groups excluding carboxylic acids is 3. The molecular formula is C46H88O6. The molecule has 0 rings (SSSR count). The third-order valence-electron chi connectivity index (χ3n) is 10.6. The molecule has 0 amide bonds. The summed E-state index contributed by atoms with van der Waals surface area (Å²) < 4.78 is 16.7. The number of rotatable bonds is 40. The Kier molecular flexibility index (Phi) is 37.9. The molecule has 308 valence electrons. The summed E-state index contributed by atoms with van der Waals surface area (Å²) in [5, 5.41) is 0. The molecule has 0 radical (unpaired) electrons. The fourth-order valence-electron chi connectivity index (χ4n) is 6.72. The largest absolute Gasteiger partial charge is 0.462 e. The maximum Gasteiger partial charge on any atom is 0.306 e. The Labute approximate surface area is 323 Å². The molecule has 0 aromatic heterocycles. The van der Waals surface area contributed by atoms with Crippen molar-refractivity contribution in [3.63, 3.8) is 0 Å². The zero-order chi connectivity index (χ0) is 38.3. The summed E-state index contributed by atoms with van der Waals surface area (Å²) in [5.74, 6) is 0.778. The van der Waals surface area contributed by atoms with Gasteiger partial charge in [0.1, 0.15) is 13.2 Å². The predicted octanol–water partition coefficient (Wildman–Crippen LogP) is 14.2. The van der Waals surface area contributed by atoms with Crippen molar-refractivity contribution in [1.82, 2.24) is 0 Å². The Bertz CT molecular complexity index is 796. The molecule has 1 unspecified atom stereocenters. The summed E-state index contributed by atoms with van der Waals surface area (Å²) in [6.45, 7) is 11.3. The van der Waals surface area contributed by atoms with Gasteiger partial charge in [0.05, 0.1) is 0 Å². The third-order valence-corrected chi connectivity index (χ3v) is 10.6. The van der Waals surface area contributed by atoms with E-state index in [0.29, 0.717) is 19.3 Å². The summed E-state index contributed by atoms with van der Waals surface area (Å²) in [4.78, 5) is 37.7. The molecule has 0 N–H and O–H groups in total. The van der Waals surface area contributed by atoms with Gasteiger partial charge in [-0.3, -0.25) is 14.4 Å². The van der Waals surface area contributed by atoms with Crippen molar-refractivity contribution in [2.75, 3.05) is 13.2 Å². The molecule has 6 nitrogen and oxygen atoms in total. The number of carbonyl (C=O) groups is 3. The molecule has 2 atom stereocenters. The lowest BCUT2D eigenvalue weighted by molar-refractivity contribution is -0.167. The van der Waals surface area contributed by atoms with E-state index >= 15 is 0 Å². The second kappa shape index (κ2) is 39.1. The first-order valence-corrected chi connectivity index (χ1v) is 22.8. The van der Waals surface area contributed by atoms with Crippen molar-refractivity contribution < 1.29 is 28.6 Å². The second-order valence-corrected chi connectivity index (χ2v) is 16.4. The fourth-order valence-corrected chi connectivity index (χ4v) is 6.72. The first-order chi connectivity index (χ1) is 25.3. The highest BCUT2D eigenvalue weighted by Gasteiger charge is 2.19. The molecule has 0 saturated heterocycles. The van der Waals surface area contributed by atoms with Crippen LogP contribution >= 0.6 is 0 Å². The van der Waals surface area contributed by atoms with Gasteiger partial charge in [-0.05, 0) is 31.1 Å². The zero-order valence-electron chi connectivity index (χ0n) is 35.4. The number of hydrogen-bond donors (Lipinski definition) is 0. The Morgan fingerprint density at radius 2 is 0.731 bits per heavy atom. The van der Waals surface area contributed by atoms with E-state index in [9.17, 15) is 14.4 Å². The van der Waals surface area contributed by atoms with Gasteiger partial charge in [-0.2, -0.15) is 0 Å². The van der Waals surface area contributed by atoms with Gasteiger partial charge in [0.2, 0.25) is 0 Å². The van der Waals surface area contributed by atoms with Crippen molar-refractivity contribution in [2.45, 2.75) is 253 Å². The Balaban J connectivity index is 4.34. The van der Waals surface area contributed by atoms with Crippen LogP contribution in [0.2, 0.25) is 0 Å². The van der Waals surface area contributed by atoms with Crippen LogP contribution in [0.4, 0.5) is 0 Å². The maximum atomic E-state index is 12.7. The zero-order valence-corrected chi connectivity index (χ0v) is 35.4. The van der Waals surface area contributed by atoms with Crippen molar-refractivity contribution >= 4 is 17.9 Å². The molecule has 0 aliphatic rings. The number of esters is 3.